The zero-order chi connectivity index (χ0) is 14.9. The maximum atomic E-state index is 13.1. The molecule has 0 spiro atoms. The molecule has 0 fully saturated rings. The van der Waals surface area contributed by atoms with Crippen LogP contribution < -0.4 is 0 Å². The third-order valence-corrected chi connectivity index (χ3v) is 2.19. The molecule has 2 aromatic rings. The summed E-state index contributed by atoms with van der Waals surface area (Å²) in [5.41, 5.74) is 0. The summed E-state index contributed by atoms with van der Waals surface area (Å²) >= 11 is 0. The molecule has 2 rings (SSSR count). The van der Waals surface area contributed by atoms with E-state index in [1.807, 2.05) is 13.8 Å². The van der Waals surface area contributed by atoms with Crippen molar-refractivity contribution in [1.82, 2.24) is 0 Å². The highest BCUT2D eigenvalue weighted by molar-refractivity contribution is 5.85. The molecule has 0 saturated heterocycles. The molecule has 0 aliphatic carbocycles. The Hall–Kier alpha value is -1.79. The number of hydrogen-bond acceptors (Lipinski definition) is 0. The van der Waals surface area contributed by atoms with Crippen molar-refractivity contribution < 1.29 is 30.7 Å². The van der Waals surface area contributed by atoms with Gasteiger partial charge in [0.25, 0.3) is 0 Å². The van der Waals surface area contributed by atoms with Crippen LogP contribution in [0.2, 0.25) is 0 Å². The van der Waals surface area contributed by atoms with Gasteiger partial charge in [0, 0.05) is 6.07 Å². The zero-order valence-corrected chi connectivity index (χ0v) is 9.72. The fourth-order valence-corrected chi connectivity index (χ4v) is 1.43. The number of fused-ring (bicyclic) bond motifs is 1. The molecule has 0 radical (unpaired) electrons. The van der Waals surface area contributed by atoms with E-state index in [0.717, 1.165) is 0 Å². The minimum absolute atomic E-state index is 0.0858. The van der Waals surface area contributed by atoms with E-state index in [9.17, 15) is 30.7 Å². The van der Waals surface area contributed by atoms with Crippen LogP contribution in [-0.4, -0.2) is 0 Å². The maximum absolute atomic E-state index is 13.1. The summed E-state index contributed by atoms with van der Waals surface area (Å²) in [4.78, 5) is 0. The van der Waals surface area contributed by atoms with E-state index in [-0.39, 0.29) is 6.07 Å². The molecule has 0 amide bonds. The molecule has 0 aromatic heterocycles. The summed E-state index contributed by atoms with van der Waals surface area (Å²) < 4.78 is 90.6. The first kappa shape index (κ1) is 15.3. The van der Waals surface area contributed by atoms with Crippen LogP contribution in [0, 0.1) is 40.7 Å². The molecule has 2 aromatic carbocycles. The molecule has 0 unspecified atom stereocenters. The lowest BCUT2D eigenvalue weighted by atomic mass is 10.1. The van der Waals surface area contributed by atoms with Crippen molar-refractivity contribution in [3.63, 3.8) is 0 Å². The zero-order valence-electron chi connectivity index (χ0n) is 9.72. The molecule has 0 nitrogen and oxygen atoms in total. The molecule has 0 heterocycles. The van der Waals surface area contributed by atoms with Crippen molar-refractivity contribution in [3.05, 3.63) is 46.8 Å². The minimum Gasteiger partial charge on any atom is -0.206 e. The van der Waals surface area contributed by atoms with Crippen molar-refractivity contribution in [3.8, 4) is 0 Å². The minimum atomic E-state index is -2.33. The molecular formula is C12H7F7. The predicted molar refractivity (Wildman–Crippen MR) is 55.0 cm³/mol. The van der Waals surface area contributed by atoms with Gasteiger partial charge in [0.15, 0.2) is 34.9 Å². The van der Waals surface area contributed by atoms with E-state index in [4.69, 9.17) is 0 Å². The van der Waals surface area contributed by atoms with Crippen LogP contribution in [0.5, 0.6) is 0 Å². The normalized spacial score (nSPS) is 10.4. The van der Waals surface area contributed by atoms with Crippen LogP contribution in [0.15, 0.2) is 6.07 Å². The monoisotopic (exact) mass is 284 g/mol. The van der Waals surface area contributed by atoms with Gasteiger partial charge in [-0.25, -0.2) is 30.7 Å². The SMILES string of the molecule is CC.Fc1cc(F)c2c(F)c(F)c(F)c(F)c2c1F. The van der Waals surface area contributed by atoms with Crippen molar-refractivity contribution in [2.24, 2.45) is 0 Å². The Kier molecular flexibility index (Phi) is 4.39. The summed E-state index contributed by atoms with van der Waals surface area (Å²) in [5.74, 6) is -14.5. The lowest BCUT2D eigenvalue weighted by Crippen LogP contribution is -2.03. The molecule has 7 heteroatoms. The molecule has 0 aliphatic rings. The highest BCUT2D eigenvalue weighted by atomic mass is 19.2. The Balaban J connectivity index is 0.000000861. The van der Waals surface area contributed by atoms with Gasteiger partial charge in [-0.2, -0.15) is 0 Å². The third-order valence-electron chi connectivity index (χ3n) is 2.19. The van der Waals surface area contributed by atoms with Crippen LogP contribution >= 0.6 is 0 Å². The molecule has 0 bridgehead atoms. The fraction of sp³-hybridized carbons (Fsp3) is 0.167. The summed E-state index contributed by atoms with van der Waals surface area (Å²) in [5, 5.41) is -3.07. The molecule has 0 aliphatic heterocycles. The Labute approximate surface area is 103 Å². The fourth-order valence-electron chi connectivity index (χ4n) is 1.43. The largest absolute Gasteiger partial charge is 0.206 e. The smallest absolute Gasteiger partial charge is 0.198 e. The van der Waals surface area contributed by atoms with Gasteiger partial charge in [0.1, 0.15) is 5.82 Å². The summed E-state index contributed by atoms with van der Waals surface area (Å²) in [6, 6.07) is -0.0858. The van der Waals surface area contributed by atoms with Gasteiger partial charge in [-0.1, -0.05) is 13.8 Å². The van der Waals surface area contributed by atoms with Gasteiger partial charge in [0.05, 0.1) is 10.8 Å². The second-order valence-corrected chi connectivity index (χ2v) is 3.16. The Morgan fingerprint density at radius 2 is 0.947 bits per heavy atom. The van der Waals surface area contributed by atoms with E-state index >= 15 is 0 Å². The first-order valence-electron chi connectivity index (χ1n) is 5.15. The van der Waals surface area contributed by atoms with Gasteiger partial charge in [-0.3, -0.25) is 0 Å². The van der Waals surface area contributed by atoms with Crippen LogP contribution in [0.4, 0.5) is 30.7 Å². The lowest BCUT2D eigenvalue weighted by molar-refractivity contribution is 0.412. The van der Waals surface area contributed by atoms with Crippen LogP contribution in [0.3, 0.4) is 0 Å². The number of halogens is 7. The Bertz CT molecular complexity index is 634. The van der Waals surface area contributed by atoms with E-state index in [0.29, 0.717) is 0 Å². The molecular weight excluding hydrogens is 277 g/mol. The van der Waals surface area contributed by atoms with E-state index in [1.54, 1.807) is 0 Å². The second kappa shape index (κ2) is 5.46. The van der Waals surface area contributed by atoms with Gasteiger partial charge >= 0.3 is 0 Å². The highest BCUT2D eigenvalue weighted by Crippen LogP contribution is 2.31. The Morgan fingerprint density at radius 1 is 0.526 bits per heavy atom. The van der Waals surface area contributed by atoms with Gasteiger partial charge in [0.2, 0.25) is 0 Å². The summed E-state index contributed by atoms with van der Waals surface area (Å²) in [7, 11) is 0. The predicted octanol–water partition coefficient (Wildman–Crippen LogP) is 4.84. The summed E-state index contributed by atoms with van der Waals surface area (Å²) in [6.07, 6.45) is 0. The van der Waals surface area contributed by atoms with Crippen LogP contribution in [0.1, 0.15) is 13.8 Å². The lowest BCUT2D eigenvalue weighted by Gasteiger charge is -2.07. The molecule has 0 N–H and O–H groups in total. The van der Waals surface area contributed by atoms with Crippen molar-refractivity contribution in [2.75, 3.05) is 0 Å². The number of rotatable bonds is 0. The van der Waals surface area contributed by atoms with Crippen molar-refractivity contribution >= 4 is 10.8 Å². The average molecular weight is 284 g/mol. The van der Waals surface area contributed by atoms with Gasteiger partial charge in [-0.15, -0.1) is 0 Å². The van der Waals surface area contributed by atoms with Gasteiger partial charge in [-0.05, 0) is 0 Å². The molecule has 104 valence electrons. The van der Waals surface area contributed by atoms with Crippen molar-refractivity contribution in [2.45, 2.75) is 13.8 Å². The van der Waals surface area contributed by atoms with Gasteiger partial charge < -0.3 is 0 Å². The topological polar surface area (TPSA) is 0 Å². The molecule has 0 atom stereocenters. The molecule has 0 saturated carbocycles. The second-order valence-electron chi connectivity index (χ2n) is 3.16. The van der Waals surface area contributed by atoms with E-state index in [1.165, 1.54) is 0 Å². The van der Waals surface area contributed by atoms with Crippen LogP contribution in [-0.2, 0) is 0 Å². The first-order valence-corrected chi connectivity index (χ1v) is 5.15. The quantitative estimate of drug-likeness (QED) is 0.369. The third kappa shape index (κ3) is 2.24. The highest BCUT2D eigenvalue weighted by Gasteiger charge is 2.26. The molecule has 19 heavy (non-hydrogen) atoms. The van der Waals surface area contributed by atoms with Crippen LogP contribution in [0.25, 0.3) is 10.8 Å². The standard InChI is InChI=1S/C10HF7.C2H6/c11-2-1-3(12)6(13)5-4(2)7(14)9(16)10(17)8(5)15;1-2/h1H;1-2H3. The average Bonchev–Trinajstić information content (AvgIpc) is 2.40. The first-order chi connectivity index (χ1) is 8.86. The number of hydrogen-bond donors (Lipinski definition) is 0. The Morgan fingerprint density at radius 3 is 1.42 bits per heavy atom. The number of benzene rings is 2. The summed E-state index contributed by atoms with van der Waals surface area (Å²) in [6.45, 7) is 4.00. The van der Waals surface area contributed by atoms with Crippen molar-refractivity contribution in [1.29, 1.82) is 0 Å². The van der Waals surface area contributed by atoms with E-state index in [2.05, 4.69) is 0 Å². The maximum Gasteiger partial charge on any atom is 0.198 e. The van der Waals surface area contributed by atoms with E-state index < -0.39 is 51.5 Å².